The van der Waals surface area contributed by atoms with E-state index in [2.05, 4.69) is 25.3 Å². The summed E-state index contributed by atoms with van der Waals surface area (Å²) in [6.07, 6.45) is 0.542. The zero-order valence-corrected chi connectivity index (χ0v) is 9.52. The highest BCUT2D eigenvalue weighted by atomic mass is 16.2. The molecule has 9 nitrogen and oxygen atoms in total. The minimum atomic E-state index is -0.754. The third-order valence-corrected chi connectivity index (χ3v) is 2.21. The van der Waals surface area contributed by atoms with Crippen LogP contribution in [0.15, 0.2) is 0 Å². The number of nitrogens with one attached hydrogen (secondary N) is 2. The zero-order chi connectivity index (χ0) is 13.3. The van der Waals surface area contributed by atoms with Gasteiger partial charge in [-0.3, -0.25) is 10.1 Å². The van der Waals surface area contributed by atoms with E-state index >= 15 is 0 Å². The molecule has 0 atom stereocenters. The highest BCUT2D eigenvalue weighted by molar-refractivity contribution is 5.92. The summed E-state index contributed by atoms with van der Waals surface area (Å²) in [5.41, 5.74) is 11.4. The molecule has 0 unspecified atom stereocenters. The van der Waals surface area contributed by atoms with Crippen molar-refractivity contribution >= 4 is 29.1 Å². The predicted octanol–water partition coefficient (Wildman–Crippen LogP) is -0.495. The molecule has 0 bridgehead atoms. The summed E-state index contributed by atoms with van der Waals surface area (Å²) in [5, 5.41) is 2.28. The van der Waals surface area contributed by atoms with E-state index in [0.29, 0.717) is 23.3 Å². The van der Waals surface area contributed by atoms with Crippen molar-refractivity contribution in [2.24, 2.45) is 11.5 Å². The Morgan fingerprint density at radius 1 is 1.28 bits per heavy atom. The number of anilines is 1. The Morgan fingerprint density at radius 2 is 2.00 bits per heavy atom. The van der Waals surface area contributed by atoms with Gasteiger partial charge < -0.3 is 16.5 Å². The van der Waals surface area contributed by atoms with Gasteiger partial charge in [0.15, 0.2) is 5.65 Å². The number of aromatic nitrogens is 4. The second-order valence-electron chi connectivity index (χ2n) is 3.48. The van der Waals surface area contributed by atoms with Gasteiger partial charge in [-0.25, -0.2) is 19.7 Å². The number of aromatic amines is 1. The Kier molecular flexibility index (Phi) is 2.80. The SMILES string of the molecule is CCc1nc(C(N)=O)nc2[nH]c(NC(N)=O)nc12. The van der Waals surface area contributed by atoms with Crippen LogP contribution < -0.4 is 16.8 Å². The van der Waals surface area contributed by atoms with Crippen LogP contribution in [0.1, 0.15) is 23.2 Å². The second kappa shape index (κ2) is 4.28. The largest absolute Gasteiger partial charge is 0.363 e. The summed E-state index contributed by atoms with van der Waals surface area (Å²) in [6, 6.07) is -0.754. The lowest BCUT2D eigenvalue weighted by atomic mass is 10.3. The predicted molar refractivity (Wildman–Crippen MR) is 62.8 cm³/mol. The first-order chi connectivity index (χ1) is 8.51. The standard InChI is InChI=1S/C9H11N7O2/c1-2-3-4-6(14-7(12-3)5(10)17)15-9(13-4)16-8(11)18/h2H2,1H3,(H2,10,17)(H4,11,12,13,14,15,16,18). The maximum atomic E-state index is 11.1. The molecule has 0 aliphatic rings. The smallest absolute Gasteiger partial charge is 0.318 e. The number of nitrogens with two attached hydrogens (primary N) is 2. The summed E-state index contributed by atoms with van der Waals surface area (Å²) in [6.45, 7) is 1.85. The molecule has 2 aromatic heterocycles. The Bertz CT molecular complexity index is 633. The van der Waals surface area contributed by atoms with Crippen molar-refractivity contribution in [3.8, 4) is 0 Å². The maximum Gasteiger partial charge on any atom is 0.318 e. The molecule has 0 aromatic carbocycles. The lowest BCUT2D eigenvalue weighted by Crippen LogP contribution is -2.19. The van der Waals surface area contributed by atoms with Crippen molar-refractivity contribution in [2.45, 2.75) is 13.3 Å². The van der Waals surface area contributed by atoms with Crippen molar-refractivity contribution in [1.29, 1.82) is 0 Å². The lowest BCUT2D eigenvalue weighted by Gasteiger charge is -1.99. The van der Waals surface area contributed by atoms with Crippen molar-refractivity contribution in [1.82, 2.24) is 19.9 Å². The van der Waals surface area contributed by atoms with Crippen LogP contribution in [0.4, 0.5) is 10.7 Å². The molecule has 94 valence electrons. The Morgan fingerprint density at radius 3 is 2.56 bits per heavy atom. The van der Waals surface area contributed by atoms with E-state index in [4.69, 9.17) is 11.5 Å². The number of aryl methyl sites for hydroxylation is 1. The van der Waals surface area contributed by atoms with Gasteiger partial charge >= 0.3 is 6.03 Å². The Labute approximate surface area is 101 Å². The van der Waals surface area contributed by atoms with Gasteiger partial charge in [0.05, 0.1) is 5.69 Å². The second-order valence-corrected chi connectivity index (χ2v) is 3.48. The number of hydrogen-bond acceptors (Lipinski definition) is 5. The molecule has 2 rings (SSSR count). The minimum absolute atomic E-state index is 0.103. The quantitative estimate of drug-likeness (QED) is 0.577. The monoisotopic (exact) mass is 249 g/mol. The van der Waals surface area contributed by atoms with E-state index in [-0.39, 0.29) is 11.8 Å². The number of H-pyrrole nitrogens is 1. The molecule has 0 aliphatic heterocycles. The molecular weight excluding hydrogens is 238 g/mol. The zero-order valence-electron chi connectivity index (χ0n) is 9.52. The van der Waals surface area contributed by atoms with E-state index in [9.17, 15) is 9.59 Å². The number of primary amides is 2. The summed E-state index contributed by atoms with van der Waals surface area (Å²) >= 11 is 0. The Balaban J connectivity index is 2.59. The molecule has 0 saturated heterocycles. The number of carbonyl (C=O) groups excluding carboxylic acids is 2. The number of amides is 3. The molecular formula is C9H11N7O2. The van der Waals surface area contributed by atoms with Crippen LogP contribution in [0, 0.1) is 0 Å². The van der Waals surface area contributed by atoms with Gasteiger partial charge in [0.25, 0.3) is 5.91 Å². The number of fused-ring (bicyclic) bond motifs is 1. The van der Waals surface area contributed by atoms with Crippen LogP contribution in [0.2, 0.25) is 0 Å². The molecule has 0 saturated carbocycles. The first kappa shape index (κ1) is 11.8. The van der Waals surface area contributed by atoms with Gasteiger partial charge in [0.2, 0.25) is 11.8 Å². The summed E-state index contributed by atoms with van der Waals surface area (Å²) in [4.78, 5) is 36.5. The van der Waals surface area contributed by atoms with Crippen LogP contribution >= 0.6 is 0 Å². The fourth-order valence-electron chi connectivity index (χ4n) is 1.49. The topological polar surface area (TPSA) is 153 Å². The van der Waals surface area contributed by atoms with E-state index in [1.807, 2.05) is 6.92 Å². The average molecular weight is 249 g/mol. The third-order valence-electron chi connectivity index (χ3n) is 2.21. The lowest BCUT2D eigenvalue weighted by molar-refractivity contribution is 0.0990. The fraction of sp³-hybridized carbons (Fsp3) is 0.222. The number of nitrogens with zero attached hydrogens (tertiary/aromatic N) is 3. The molecule has 0 spiro atoms. The molecule has 0 aliphatic carbocycles. The van der Waals surface area contributed by atoms with Crippen LogP contribution in [0.3, 0.4) is 0 Å². The third kappa shape index (κ3) is 2.05. The van der Waals surface area contributed by atoms with Crippen LogP contribution in [-0.2, 0) is 6.42 Å². The van der Waals surface area contributed by atoms with E-state index < -0.39 is 11.9 Å². The maximum absolute atomic E-state index is 11.1. The summed E-state index contributed by atoms with van der Waals surface area (Å²) < 4.78 is 0. The molecule has 6 N–H and O–H groups in total. The van der Waals surface area contributed by atoms with Gasteiger partial charge in [0.1, 0.15) is 5.52 Å². The highest BCUT2D eigenvalue weighted by Crippen LogP contribution is 2.16. The normalized spacial score (nSPS) is 10.5. The molecule has 18 heavy (non-hydrogen) atoms. The average Bonchev–Trinajstić information content (AvgIpc) is 2.68. The van der Waals surface area contributed by atoms with Gasteiger partial charge in [-0.15, -0.1) is 0 Å². The first-order valence-electron chi connectivity index (χ1n) is 5.14. The van der Waals surface area contributed by atoms with Gasteiger partial charge in [-0.05, 0) is 6.42 Å². The number of imidazole rings is 1. The van der Waals surface area contributed by atoms with Gasteiger partial charge in [-0.1, -0.05) is 6.92 Å². The molecule has 9 heteroatoms. The summed E-state index contributed by atoms with van der Waals surface area (Å²) in [5.74, 6) is -0.692. The number of rotatable bonds is 3. The van der Waals surface area contributed by atoms with E-state index in [1.165, 1.54) is 0 Å². The number of hydrogen-bond donors (Lipinski definition) is 4. The number of carbonyl (C=O) groups is 2. The Hall–Kier alpha value is -2.71. The molecule has 2 aromatic rings. The van der Waals surface area contributed by atoms with Crippen molar-refractivity contribution in [2.75, 3.05) is 5.32 Å². The van der Waals surface area contributed by atoms with Crippen molar-refractivity contribution < 1.29 is 9.59 Å². The molecule has 3 amide bonds. The molecule has 2 heterocycles. The van der Waals surface area contributed by atoms with Gasteiger partial charge in [-0.2, -0.15) is 0 Å². The van der Waals surface area contributed by atoms with Crippen LogP contribution in [0.5, 0.6) is 0 Å². The first-order valence-corrected chi connectivity index (χ1v) is 5.14. The minimum Gasteiger partial charge on any atom is -0.363 e. The van der Waals surface area contributed by atoms with Crippen molar-refractivity contribution in [3.05, 3.63) is 11.5 Å². The molecule has 0 radical (unpaired) electrons. The van der Waals surface area contributed by atoms with Crippen LogP contribution in [0.25, 0.3) is 11.2 Å². The number of urea groups is 1. The van der Waals surface area contributed by atoms with Crippen LogP contribution in [-0.4, -0.2) is 31.9 Å². The van der Waals surface area contributed by atoms with Gasteiger partial charge in [0, 0.05) is 0 Å². The summed E-state index contributed by atoms with van der Waals surface area (Å²) in [7, 11) is 0. The van der Waals surface area contributed by atoms with Crippen molar-refractivity contribution in [3.63, 3.8) is 0 Å². The molecule has 0 fully saturated rings. The van der Waals surface area contributed by atoms with E-state index in [1.54, 1.807) is 0 Å². The van der Waals surface area contributed by atoms with E-state index in [0.717, 1.165) is 0 Å². The fourth-order valence-corrected chi connectivity index (χ4v) is 1.49. The highest BCUT2D eigenvalue weighted by Gasteiger charge is 2.14.